The number of hydrogen-bond donors (Lipinski definition) is 5. The quantitative estimate of drug-likeness (QED) is 0.0956. The fraction of sp³-hybridized carbons (Fsp3) is 0.317. The molecular weight excluding hydrogens is 1140 g/mol. The molecule has 11 rings (SSSR count). The average Bonchev–Trinajstić information content (AvgIpc) is 4.32. The number of fused-ring (bicyclic) bond motifs is 8. The Morgan fingerprint density at radius 1 is 0.595 bits per heavy atom. The van der Waals surface area contributed by atoms with E-state index in [1.165, 1.54) is 0 Å². The van der Waals surface area contributed by atoms with Crippen molar-refractivity contribution < 1.29 is 43.3 Å². The molecule has 1 fully saturated rings. The predicted octanol–water partition coefficient (Wildman–Crippen LogP) is 13.1. The van der Waals surface area contributed by atoms with E-state index in [1.54, 1.807) is 98.7 Å². The van der Waals surface area contributed by atoms with Gasteiger partial charge in [-0.15, -0.1) is 0 Å². The zero-order chi connectivity index (χ0) is 56.1. The lowest BCUT2D eigenvalue weighted by Crippen LogP contribution is -2.48. The zero-order valence-electron chi connectivity index (χ0n) is 45.0. The first kappa shape index (κ1) is 54.7. The van der Waals surface area contributed by atoms with E-state index in [-0.39, 0.29) is 35.5 Å². The summed E-state index contributed by atoms with van der Waals surface area (Å²) < 4.78 is 16.7. The third-order valence-electron chi connectivity index (χ3n) is 14.1. The van der Waals surface area contributed by atoms with E-state index >= 15 is 0 Å². The Labute approximate surface area is 473 Å². The van der Waals surface area contributed by atoms with E-state index < -0.39 is 23.4 Å². The Morgan fingerprint density at radius 2 is 1.04 bits per heavy atom. The van der Waals surface area contributed by atoms with Gasteiger partial charge in [0.1, 0.15) is 34.1 Å². The maximum absolute atomic E-state index is 14.1. The van der Waals surface area contributed by atoms with Crippen molar-refractivity contribution in [1.29, 1.82) is 0 Å². The predicted molar refractivity (Wildman–Crippen MR) is 317 cm³/mol. The minimum atomic E-state index is -0.616. The highest BCUT2D eigenvalue weighted by Crippen LogP contribution is 2.48. The lowest BCUT2D eigenvalue weighted by atomic mass is 9.95. The number of aromatic nitrogens is 2. The van der Waals surface area contributed by atoms with Crippen molar-refractivity contribution >= 4 is 128 Å². The summed E-state index contributed by atoms with van der Waals surface area (Å²) in [5.41, 5.74) is 5.88. The Kier molecular flexibility index (Phi) is 15.2. The number of benzene rings is 6. The number of piperazine rings is 1. The number of rotatable bonds is 7. The van der Waals surface area contributed by atoms with Gasteiger partial charge in [-0.2, -0.15) is 0 Å². The SMILES string of the molecule is CC(C)(C)OC(=O)Nc1ccc2[nH]c(C(=O)N3C[C@@H](CBr)c4c3cc(O)c3ccccc43)cc2c1.CN1CCN(C(=O)Oc2cc3c(c4ccccc24)[C@H](CBr)CN3C(=O)c2cc3cc(NC(=O)OC(C)(C)C)ccc3[nH]2)CC1. The molecular formula is C60H62Br2N8O9. The number of ether oxygens (including phenoxy) is 3. The van der Waals surface area contributed by atoms with Gasteiger partial charge in [-0.3, -0.25) is 20.2 Å². The molecule has 3 aliphatic rings. The zero-order valence-corrected chi connectivity index (χ0v) is 48.1. The number of halogens is 2. The number of H-pyrrole nitrogens is 2. The molecule has 0 spiro atoms. The topological polar surface area (TPSA) is 202 Å². The molecule has 410 valence electrons. The number of nitrogens with zero attached hydrogens (tertiary/aromatic N) is 4. The van der Waals surface area contributed by atoms with Crippen molar-refractivity contribution in [3.63, 3.8) is 0 Å². The maximum Gasteiger partial charge on any atom is 0.415 e. The molecule has 0 aliphatic carbocycles. The van der Waals surface area contributed by atoms with Gasteiger partial charge in [0.25, 0.3) is 11.8 Å². The Morgan fingerprint density at radius 3 is 1.51 bits per heavy atom. The fourth-order valence-electron chi connectivity index (χ4n) is 10.5. The van der Waals surface area contributed by atoms with E-state index in [2.05, 4.69) is 57.4 Å². The first-order valence-electron chi connectivity index (χ1n) is 26.1. The number of carbonyl (C=O) groups is 5. The molecule has 2 aromatic heterocycles. The summed E-state index contributed by atoms with van der Waals surface area (Å²) in [6.07, 6.45) is -1.47. The Bertz CT molecular complexity index is 3700. The molecule has 1 saturated heterocycles. The van der Waals surface area contributed by atoms with Crippen molar-refractivity contribution in [2.24, 2.45) is 0 Å². The van der Waals surface area contributed by atoms with Crippen LogP contribution in [0.1, 0.15) is 85.5 Å². The summed E-state index contributed by atoms with van der Waals surface area (Å²) >= 11 is 7.27. The molecule has 5 heterocycles. The maximum atomic E-state index is 14.1. The van der Waals surface area contributed by atoms with Crippen LogP contribution >= 0.6 is 31.9 Å². The van der Waals surface area contributed by atoms with E-state index in [0.717, 1.165) is 78.9 Å². The number of nitrogens with one attached hydrogen (secondary N) is 4. The highest BCUT2D eigenvalue weighted by molar-refractivity contribution is 9.09. The highest BCUT2D eigenvalue weighted by Gasteiger charge is 2.38. The summed E-state index contributed by atoms with van der Waals surface area (Å²) in [7, 11) is 2.04. The second kappa shape index (κ2) is 21.9. The molecule has 0 bridgehead atoms. The van der Waals surface area contributed by atoms with Gasteiger partial charge in [-0.25, -0.2) is 14.4 Å². The fourth-order valence-corrected chi connectivity index (χ4v) is 11.6. The van der Waals surface area contributed by atoms with Crippen LogP contribution in [0.15, 0.2) is 109 Å². The molecule has 6 aromatic carbocycles. The molecule has 8 aromatic rings. The van der Waals surface area contributed by atoms with Crippen LogP contribution in [0.25, 0.3) is 43.4 Å². The molecule has 79 heavy (non-hydrogen) atoms. The summed E-state index contributed by atoms with van der Waals surface area (Å²) in [5.74, 6) is 0.373. The standard InChI is InChI=1S/C33H36BrN5O5.C27H26BrN3O4/c1-33(2,3)44-31(41)35-22-9-10-25-20(15-22)16-26(36-25)30(40)39-19-21(18-34)29-24-8-6-5-7-23(24)28(17-27(29)39)43-32(42)38-13-11-37(4)12-14-38;1-27(2,3)35-26(34)29-17-8-9-20-15(10-17)11-21(30-20)25(33)31-14-16(13-28)24-19-7-5-4-6-18(19)23(32)12-22(24)31/h5-10,15-17,21,36H,11-14,18-19H2,1-4H3,(H,35,41);4-12,16,30,32H,13-14H2,1-3H3,(H,29,34)/t21-;16-/m11/s1. The number of phenolic OH excluding ortho intramolecular Hbond substituents is 1. The number of hydrogen-bond acceptors (Lipinski definition) is 10. The number of phenols is 1. The van der Waals surface area contributed by atoms with Crippen LogP contribution in [-0.4, -0.2) is 123 Å². The van der Waals surface area contributed by atoms with Crippen LogP contribution in [0, 0.1) is 0 Å². The van der Waals surface area contributed by atoms with Crippen LogP contribution < -0.4 is 25.2 Å². The molecule has 0 unspecified atom stereocenters. The van der Waals surface area contributed by atoms with Crippen molar-refractivity contribution in [1.82, 2.24) is 19.8 Å². The van der Waals surface area contributed by atoms with Crippen molar-refractivity contribution in [2.75, 3.05) is 77.4 Å². The summed E-state index contributed by atoms with van der Waals surface area (Å²) in [5, 5.41) is 22.6. The largest absolute Gasteiger partial charge is 0.507 e. The third-order valence-corrected chi connectivity index (χ3v) is 15.7. The molecule has 5 amide bonds. The van der Waals surface area contributed by atoms with Crippen molar-refractivity contribution in [3.8, 4) is 11.5 Å². The summed E-state index contributed by atoms with van der Waals surface area (Å²) in [6, 6.07) is 33.4. The second-order valence-electron chi connectivity index (χ2n) is 22.1. The lowest BCUT2D eigenvalue weighted by molar-refractivity contribution is 0.0624. The first-order valence-corrected chi connectivity index (χ1v) is 28.4. The van der Waals surface area contributed by atoms with Gasteiger partial charge in [-0.1, -0.05) is 80.4 Å². The molecule has 3 aliphatic heterocycles. The number of aromatic hydroxyl groups is 1. The molecule has 17 nitrogen and oxygen atoms in total. The molecule has 2 atom stereocenters. The van der Waals surface area contributed by atoms with Crippen molar-refractivity contribution in [3.05, 3.63) is 132 Å². The van der Waals surface area contributed by atoms with E-state index in [0.29, 0.717) is 65.4 Å². The second-order valence-corrected chi connectivity index (χ2v) is 23.4. The summed E-state index contributed by atoms with van der Waals surface area (Å²) in [4.78, 5) is 79.1. The van der Waals surface area contributed by atoms with Gasteiger partial charge in [0.05, 0.1) is 11.4 Å². The van der Waals surface area contributed by atoms with Gasteiger partial charge in [0.2, 0.25) is 0 Å². The van der Waals surface area contributed by atoms with Gasteiger partial charge in [-0.05, 0) is 119 Å². The lowest BCUT2D eigenvalue weighted by Gasteiger charge is -2.31. The van der Waals surface area contributed by atoms with Gasteiger partial charge < -0.3 is 48.9 Å². The minimum absolute atomic E-state index is 0.0512. The number of likely N-dealkylation sites (N-methyl/N-ethyl adjacent to an activating group) is 1. The number of alkyl halides is 2. The van der Waals surface area contributed by atoms with Gasteiger partial charge in [0, 0.05) is 118 Å². The third kappa shape index (κ3) is 11.6. The van der Waals surface area contributed by atoms with Crippen LogP contribution in [-0.2, 0) is 9.47 Å². The number of amides is 5. The number of aromatic amines is 2. The molecule has 0 radical (unpaired) electrons. The number of anilines is 4. The molecule has 19 heteroatoms. The normalized spacial score (nSPS) is 16.4. The van der Waals surface area contributed by atoms with Gasteiger partial charge in [0.15, 0.2) is 0 Å². The minimum Gasteiger partial charge on any atom is -0.507 e. The van der Waals surface area contributed by atoms with E-state index in [1.807, 2.05) is 73.8 Å². The molecule has 5 N–H and O–H groups in total. The van der Waals surface area contributed by atoms with Crippen LogP contribution in [0.2, 0.25) is 0 Å². The van der Waals surface area contributed by atoms with Gasteiger partial charge >= 0.3 is 18.3 Å². The highest BCUT2D eigenvalue weighted by atomic mass is 79.9. The Hall–Kier alpha value is -7.61. The summed E-state index contributed by atoms with van der Waals surface area (Å²) in [6.45, 7) is 14.6. The van der Waals surface area contributed by atoms with E-state index in [4.69, 9.17) is 14.2 Å². The van der Waals surface area contributed by atoms with Crippen LogP contribution in [0.4, 0.5) is 37.1 Å². The van der Waals surface area contributed by atoms with Crippen LogP contribution in [0.5, 0.6) is 11.5 Å². The van der Waals surface area contributed by atoms with Crippen molar-refractivity contribution in [2.45, 2.75) is 64.6 Å². The first-order chi connectivity index (χ1) is 37.6. The van der Waals surface area contributed by atoms with Crippen LogP contribution in [0.3, 0.4) is 0 Å². The smallest absolute Gasteiger partial charge is 0.415 e. The number of carbonyl (C=O) groups excluding carboxylic acids is 5. The molecule has 0 saturated carbocycles. The Balaban J connectivity index is 0.000000183. The van der Waals surface area contributed by atoms with E-state index in [9.17, 15) is 29.1 Å². The monoisotopic (exact) mass is 1200 g/mol. The average molecular weight is 1200 g/mol.